The predicted molar refractivity (Wildman–Crippen MR) is 115 cm³/mol. The van der Waals surface area contributed by atoms with Crippen LogP contribution in [0.5, 0.6) is 17.2 Å². The summed E-state index contributed by atoms with van der Waals surface area (Å²) in [5, 5.41) is 5.35. The van der Waals surface area contributed by atoms with Gasteiger partial charge in [-0.25, -0.2) is 9.07 Å². The first-order chi connectivity index (χ1) is 15.1. The average molecular weight is 419 g/mol. The normalized spacial score (nSPS) is 14.9. The third kappa shape index (κ3) is 3.80. The maximum atomic E-state index is 13.2. The van der Waals surface area contributed by atoms with Gasteiger partial charge in [0.15, 0.2) is 11.5 Å². The molecule has 5 rings (SSSR count). The second-order valence-electron chi connectivity index (χ2n) is 7.55. The second kappa shape index (κ2) is 7.92. The smallest absolute Gasteiger partial charge is 0.161 e. The number of hydrogen-bond donors (Lipinski definition) is 1. The first-order valence-corrected chi connectivity index (χ1v) is 10.1. The minimum absolute atomic E-state index is 0.250. The highest BCUT2D eigenvalue weighted by atomic mass is 19.1. The zero-order valence-corrected chi connectivity index (χ0v) is 17.0. The van der Waals surface area contributed by atoms with E-state index >= 15 is 0 Å². The Morgan fingerprint density at radius 2 is 1.77 bits per heavy atom. The molecule has 2 atom stereocenters. The van der Waals surface area contributed by atoms with Crippen LogP contribution in [0.2, 0.25) is 0 Å². The number of halogens is 1. The van der Waals surface area contributed by atoms with Crippen molar-refractivity contribution in [2.75, 3.05) is 13.2 Å². The van der Waals surface area contributed by atoms with Crippen LogP contribution in [0.1, 0.15) is 18.6 Å². The third-order valence-corrected chi connectivity index (χ3v) is 5.25. The molecule has 0 saturated heterocycles. The van der Waals surface area contributed by atoms with Crippen LogP contribution in [0.15, 0.2) is 66.9 Å². The van der Waals surface area contributed by atoms with E-state index in [-0.39, 0.29) is 18.0 Å². The summed E-state index contributed by atoms with van der Waals surface area (Å²) in [4.78, 5) is 0. The van der Waals surface area contributed by atoms with Gasteiger partial charge >= 0.3 is 0 Å². The van der Waals surface area contributed by atoms with E-state index in [4.69, 9.17) is 19.9 Å². The van der Waals surface area contributed by atoms with Crippen LogP contribution in [-0.4, -0.2) is 29.0 Å². The van der Waals surface area contributed by atoms with Gasteiger partial charge in [-0.2, -0.15) is 5.10 Å². The van der Waals surface area contributed by atoms with Gasteiger partial charge in [0.2, 0.25) is 0 Å². The Kier molecular flexibility index (Phi) is 4.95. The van der Waals surface area contributed by atoms with Crippen LogP contribution in [-0.2, 0) is 0 Å². The van der Waals surface area contributed by atoms with Gasteiger partial charge in [-0.05, 0) is 67.1 Å². The standard InChI is InChI=1S/C24H22FN3O3/c1-15(26)24(16-2-9-22-23(13-16)30-11-10-29-22)31-20-7-8-21-17(12-20)14-27-28(21)19-5-3-18(25)4-6-19/h2-9,12-15,24H,10-11,26H2,1H3. The summed E-state index contributed by atoms with van der Waals surface area (Å²) in [5.74, 6) is 1.84. The van der Waals surface area contributed by atoms with Gasteiger partial charge in [0.25, 0.3) is 0 Å². The van der Waals surface area contributed by atoms with Gasteiger partial charge in [0.1, 0.15) is 30.9 Å². The minimum Gasteiger partial charge on any atom is -0.486 e. The molecule has 4 aromatic rings. The molecule has 1 aromatic heterocycles. The Morgan fingerprint density at radius 1 is 1.00 bits per heavy atom. The lowest BCUT2D eigenvalue weighted by Gasteiger charge is -2.25. The fourth-order valence-corrected chi connectivity index (χ4v) is 3.73. The van der Waals surface area contributed by atoms with Crippen molar-refractivity contribution in [3.05, 3.63) is 78.2 Å². The van der Waals surface area contributed by atoms with Gasteiger partial charge in [-0.3, -0.25) is 0 Å². The molecule has 31 heavy (non-hydrogen) atoms. The summed E-state index contributed by atoms with van der Waals surface area (Å²) in [6.07, 6.45) is 1.40. The molecule has 3 aromatic carbocycles. The fourth-order valence-electron chi connectivity index (χ4n) is 3.73. The van der Waals surface area contributed by atoms with E-state index in [9.17, 15) is 4.39 Å². The van der Waals surface area contributed by atoms with Crippen molar-refractivity contribution in [3.63, 3.8) is 0 Å². The summed E-state index contributed by atoms with van der Waals surface area (Å²) >= 11 is 0. The van der Waals surface area contributed by atoms with Crippen LogP contribution in [0.3, 0.4) is 0 Å². The molecule has 0 fully saturated rings. The summed E-state index contributed by atoms with van der Waals surface area (Å²) in [6.45, 7) is 2.98. The number of aromatic nitrogens is 2. The number of rotatable bonds is 5. The van der Waals surface area contributed by atoms with Crippen molar-refractivity contribution >= 4 is 10.9 Å². The lowest BCUT2D eigenvalue weighted by Crippen LogP contribution is -2.29. The van der Waals surface area contributed by atoms with Crippen molar-refractivity contribution in [2.45, 2.75) is 19.1 Å². The lowest BCUT2D eigenvalue weighted by molar-refractivity contribution is 0.165. The Labute approximate surface area is 178 Å². The maximum absolute atomic E-state index is 13.2. The number of benzene rings is 3. The summed E-state index contributed by atoms with van der Waals surface area (Å²) < 4.78 is 32.6. The fraction of sp³-hybridized carbons (Fsp3) is 0.208. The summed E-state index contributed by atoms with van der Waals surface area (Å²) in [7, 11) is 0. The lowest BCUT2D eigenvalue weighted by atomic mass is 10.0. The first kappa shape index (κ1) is 19.4. The van der Waals surface area contributed by atoms with Crippen molar-refractivity contribution in [3.8, 4) is 22.9 Å². The number of fused-ring (bicyclic) bond motifs is 2. The first-order valence-electron chi connectivity index (χ1n) is 10.1. The molecule has 0 amide bonds. The molecular weight excluding hydrogens is 397 g/mol. The van der Waals surface area contributed by atoms with Gasteiger partial charge in [-0.15, -0.1) is 0 Å². The molecule has 7 heteroatoms. The highest BCUT2D eigenvalue weighted by molar-refractivity contribution is 5.81. The zero-order chi connectivity index (χ0) is 21.4. The minimum atomic E-state index is -0.361. The molecule has 6 nitrogen and oxygen atoms in total. The van der Waals surface area contributed by atoms with Crippen LogP contribution in [0, 0.1) is 5.82 Å². The molecule has 2 unspecified atom stereocenters. The highest BCUT2D eigenvalue weighted by Gasteiger charge is 2.22. The highest BCUT2D eigenvalue weighted by Crippen LogP contribution is 2.35. The third-order valence-electron chi connectivity index (χ3n) is 5.25. The van der Waals surface area contributed by atoms with E-state index < -0.39 is 0 Å². The van der Waals surface area contributed by atoms with Crippen LogP contribution in [0.4, 0.5) is 4.39 Å². The van der Waals surface area contributed by atoms with Crippen LogP contribution in [0.25, 0.3) is 16.6 Å². The van der Waals surface area contributed by atoms with E-state index in [0.717, 1.165) is 27.9 Å². The monoisotopic (exact) mass is 419 g/mol. The number of nitrogens with two attached hydrogens (primary N) is 1. The van der Waals surface area contributed by atoms with Crippen molar-refractivity contribution < 1.29 is 18.6 Å². The van der Waals surface area contributed by atoms with Crippen LogP contribution < -0.4 is 19.9 Å². The molecule has 0 spiro atoms. The Hall–Kier alpha value is -3.58. The molecule has 1 aliphatic heterocycles. The van der Waals surface area contributed by atoms with E-state index in [1.165, 1.54) is 12.1 Å². The van der Waals surface area contributed by atoms with E-state index in [1.54, 1.807) is 23.0 Å². The topological polar surface area (TPSA) is 71.5 Å². The van der Waals surface area contributed by atoms with Crippen LogP contribution >= 0.6 is 0 Å². The Bertz CT molecular complexity index is 1220. The van der Waals surface area contributed by atoms with E-state index in [2.05, 4.69) is 5.10 Å². The van der Waals surface area contributed by atoms with Gasteiger partial charge in [0, 0.05) is 11.4 Å². The van der Waals surface area contributed by atoms with Crippen molar-refractivity contribution in [2.24, 2.45) is 5.73 Å². The van der Waals surface area contributed by atoms with Crippen molar-refractivity contribution in [1.29, 1.82) is 0 Å². The zero-order valence-electron chi connectivity index (χ0n) is 17.0. The number of ether oxygens (including phenoxy) is 3. The molecule has 1 aliphatic rings. The molecule has 0 saturated carbocycles. The summed E-state index contributed by atoms with van der Waals surface area (Å²) in [6, 6.07) is 17.5. The van der Waals surface area contributed by atoms with Gasteiger partial charge < -0.3 is 19.9 Å². The maximum Gasteiger partial charge on any atom is 0.161 e. The largest absolute Gasteiger partial charge is 0.486 e. The summed E-state index contributed by atoms with van der Waals surface area (Å²) in [5.41, 5.74) is 8.86. The average Bonchev–Trinajstić information content (AvgIpc) is 3.21. The molecule has 158 valence electrons. The molecule has 0 aliphatic carbocycles. The Balaban J connectivity index is 1.44. The molecule has 0 bridgehead atoms. The van der Waals surface area contributed by atoms with E-state index in [1.807, 2.05) is 43.3 Å². The molecule has 2 N–H and O–H groups in total. The number of hydrogen-bond acceptors (Lipinski definition) is 5. The van der Waals surface area contributed by atoms with Gasteiger partial charge in [0.05, 0.1) is 17.4 Å². The van der Waals surface area contributed by atoms with Crippen molar-refractivity contribution in [1.82, 2.24) is 9.78 Å². The van der Waals surface area contributed by atoms with Gasteiger partial charge in [-0.1, -0.05) is 6.07 Å². The number of nitrogens with zero attached hydrogens (tertiary/aromatic N) is 2. The predicted octanol–water partition coefficient (Wildman–Crippen LogP) is 4.40. The van der Waals surface area contributed by atoms with E-state index in [0.29, 0.717) is 24.7 Å². The quantitative estimate of drug-likeness (QED) is 0.519. The molecule has 0 radical (unpaired) electrons. The molecular formula is C24H22FN3O3. The second-order valence-corrected chi connectivity index (χ2v) is 7.55. The Morgan fingerprint density at radius 3 is 2.55 bits per heavy atom. The SMILES string of the molecule is CC(N)C(Oc1ccc2c(cnn2-c2ccc(F)cc2)c1)c1ccc2c(c1)OCCO2. The molecule has 2 heterocycles.